The third-order valence-electron chi connectivity index (χ3n) is 3.50. The summed E-state index contributed by atoms with van der Waals surface area (Å²) in [5, 5.41) is 23.3. The van der Waals surface area contributed by atoms with Crippen LogP contribution in [-0.2, 0) is 0 Å². The van der Waals surface area contributed by atoms with Crippen LogP contribution in [0.2, 0.25) is 0 Å². The van der Waals surface area contributed by atoms with E-state index in [0.717, 1.165) is 12.8 Å². The third kappa shape index (κ3) is 3.28. The molecule has 0 spiro atoms. The largest absolute Gasteiger partial charge is 0.396 e. The van der Waals surface area contributed by atoms with Crippen molar-refractivity contribution in [3.8, 4) is 0 Å². The molecule has 0 aliphatic carbocycles. The Balaban J connectivity index is 2.95. The Kier molecular flexibility index (Phi) is 4.99. The first-order valence-corrected chi connectivity index (χ1v) is 6.09. The number of nitrogens with zero attached hydrogens (tertiary/aromatic N) is 3. The van der Waals surface area contributed by atoms with Crippen molar-refractivity contribution >= 4 is 17.3 Å². The summed E-state index contributed by atoms with van der Waals surface area (Å²) >= 11 is 0. The van der Waals surface area contributed by atoms with E-state index in [-0.39, 0.29) is 29.3 Å². The Hall–Kier alpha value is -1.96. The number of hydrogen-bond acceptors (Lipinski definition) is 7. The van der Waals surface area contributed by atoms with Crippen molar-refractivity contribution in [2.75, 3.05) is 24.2 Å². The van der Waals surface area contributed by atoms with Gasteiger partial charge >= 0.3 is 5.69 Å². The lowest BCUT2D eigenvalue weighted by Gasteiger charge is -2.29. The van der Waals surface area contributed by atoms with Gasteiger partial charge in [0.25, 0.3) is 0 Å². The minimum absolute atomic E-state index is 0.00135. The summed E-state index contributed by atoms with van der Waals surface area (Å²) in [4.78, 5) is 17.8. The maximum atomic E-state index is 10.9. The molecular weight excluding hydrogens is 250 g/mol. The van der Waals surface area contributed by atoms with Crippen molar-refractivity contribution in [1.82, 2.24) is 9.97 Å². The first-order valence-electron chi connectivity index (χ1n) is 6.09. The zero-order chi connectivity index (χ0) is 14.5. The van der Waals surface area contributed by atoms with Gasteiger partial charge in [0.2, 0.25) is 11.6 Å². The SMILES string of the molecule is CCC(CC)(CO)CNc1ncnc(N)c1[N+](=O)[O-]. The molecule has 0 fully saturated rings. The maximum absolute atomic E-state index is 10.9. The predicted molar refractivity (Wildman–Crippen MR) is 71.7 cm³/mol. The van der Waals surface area contributed by atoms with Gasteiger partial charge in [-0.2, -0.15) is 0 Å². The van der Waals surface area contributed by atoms with E-state index in [2.05, 4.69) is 15.3 Å². The molecule has 0 aliphatic heterocycles. The molecule has 0 saturated heterocycles. The lowest BCUT2D eigenvalue weighted by Crippen LogP contribution is -2.32. The van der Waals surface area contributed by atoms with Crippen molar-refractivity contribution in [2.24, 2.45) is 5.41 Å². The molecule has 0 aliphatic rings. The topological polar surface area (TPSA) is 127 Å². The highest BCUT2D eigenvalue weighted by molar-refractivity contribution is 5.67. The van der Waals surface area contributed by atoms with Gasteiger partial charge in [0, 0.05) is 12.0 Å². The minimum Gasteiger partial charge on any atom is -0.396 e. The Morgan fingerprint density at radius 1 is 1.47 bits per heavy atom. The molecule has 8 nitrogen and oxygen atoms in total. The molecule has 0 unspecified atom stereocenters. The molecular formula is C11H19N5O3. The molecule has 106 valence electrons. The fraction of sp³-hybridized carbons (Fsp3) is 0.636. The van der Waals surface area contributed by atoms with Crippen LogP contribution in [0.3, 0.4) is 0 Å². The van der Waals surface area contributed by atoms with Gasteiger partial charge in [-0.15, -0.1) is 0 Å². The summed E-state index contributed by atoms with van der Waals surface area (Å²) < 4.78 is 0. The van der Waals surface area contributed by atoms with E-state index in [1.807, 2.05) is 13.8 Å². The number of rotatable bonds is 7. The van der Waals surface area contributed by atoms with E-state index < -0.39 is 4.92 Å². The van der Waals surface area contributed by atoms with Crippen LogP contribution < -0.4 is 11.1 Å². The number of nitro groups is 1. The summed E-state index contributed by atoms with van der Waals surface area (Å²) in [6, 6.07) is 0. The molecule has 4 N–H and O–H groups in total. The summed E-state index contributed by atoms with van der Waals surface area (Å²) in [5.41, 5.74) is 4.82. The van der Waals surface area contributed by atoms with E-state index >= 15 is 0 Å². The van der Waals surface area contributed by atoms with E-state index in [1.54, 1.807) is 0 Å². The second-order valence-corrected chi connectivity index (χ2v) is 4.43. The van der Waals surface area contributed by atoms with Crippen LogP contribution in [0.25, 0.3) is 0 Å². The van der Waals surface area contributed by atoms with Gasteiger partial charge in [-0.1, -0.05) is 13.8 Å². The van der Waals surface area contributed by atoms with Crippen LogP contribution in [0.1, 0.15) is 26.7 Å². The van der Waals surface area contributed by atoms with Crippen LogP contribution in [0.5, 0.6) is 0 Å². The summed E-state index contributed by atoms with van der Waals surface area (Å²) in [6.45, 7) is 4.31. The fourth-order valence-electron chi connectivity index (χ4n) is 1.75. The third-order valence-corrected chi connectivity index (χ3v) is 3.50. The van der Waals surface area contributed by atoms with Gasteiger partial charge in [-0.3, -0.25) is 10.1 Å². The lowest BCUT2D eigenvalue weighted by molar-refractivity contribution is -0.383. The monoisotopic (exact) mass is 269 g/mol. The first kappa shape index (κ1) is 15.1. The second-order valence-electron chi connectivity index (χ2n) is 4.43. The quantitative estimate of drug-likeness (QED) is 0.501. The number of hydrogen-bond donors (Lipinski definition) is 3. The van der Waals surface area contributed by atoms with Crippen LogP contribution in [0.4, 0.5) is 17.3 Å². The summed E-state index contributed by atoms with van der Waals surface area (Å²) in [5.74, 6) is -0.0951. The Labute approximate surface area is 111 Å². The standard InChI is InChI=1S/C11H19N5O3/c1-3-11(4-2,6-17)5-13-10-8(16(18)19)9(12)14-7-15-10/h7,17H,3-6H2,1-2H3,(H3,12,13,14,15). The molecule has 0 radical (unpaired) electrons. The van der Waals surface area contributed by atoms with E-state index in [4.69, 9.17) is 5.73 Å². The average Bonchev–Trinajstić information content (AvgIpc) is 2.40. The Morgan fingerprint density at radius 3 is 2.58 bits per heavy atom. The number of nitrogens with one attached hydrogen (secondary N) is 1. The van der Waals surface area contributed by atoms with Crippen LogP contribution in [0.15, 0.2) is 6.33 Å². The highest BCUT2D eigenvalue weighted by Crippen LogP contribution is 2.30. The Bertz CT molecular complexity index is 440. The van der Waals surface area contributed by atoms with Crippen molar-refractivity contribution in [1.29, 1.82) is 0 Å². The molecule has 1 rings (SSSR count). The number of aliphatic hydroxyl groups is 1. The average molecular weight is 269 g/mol. The van der Waals surface area contributed by atoms with Crippen LogP contribution in [-0.4, -0.2) is 33.1 Å². The highest BCUT2D eigenvalue weighted by atomic mass is 16.6. The van der Waals surface area contributed by atoms with Gasteiger partial charge in [-0.25, -0.2) is 9.97 Å². The van der Waals surface area contributed by atoms with Crippen molar-refractivity contribution < 1.29 is 10.0 Å². The zero-order valence-electron chi connectivity index (χ0n) is 11.1. The molecule has 0 atom stereocenters. The molecule has 1 aromatic rings. The molecule has 19 heavy (non-hydrogen) atoms. The smallest absolute Gasteiger partial charge is 0.352 e. The predicted octanol–water partition coefficient (Wildman–Crippen LogP) is 1.18. The van der Waals surface area contributed by atoms with E-state index in [9.17, 15) is 15.2 Å². The second kappa shape index (κ2) is 6.28. The van der Waals surface area contributed by atoms with Crippen LogP contribution in [0, 0.1) is 15.5 Å². The van der Waals surface area contributed by atoms with Crippen molar-refractivity contribution in [2.45, 2.75) is 26.7 Å². The Morgan fingerprint density at radius 2 is 2.11 bits per heavy atom. The highest BCUT2D eigenvalue weighted by Gasteiger charge is 2.27. The number of nitrogen functional groups attached to an aromatic ring is 1. The minimum atomic E-state index is -0.615. The number of aromatic nitrogens is 2. The van der Waals surface area contributed by atoms with Gasteiger partial charge < -0.3 is 16.2 Å². The molecule has 0 bridgehead atoms. The van der Waals surface area contributed by atoms with Gasteiger partial charge in [-0.05, 0) is 12.8 Å². The maximum Gasteiger partial charge on any atom is 0.352 e. The van der Waals surface area contributed by atoms with Gasteiger partial charge in [0.1, 0.15) is 6.33 Å². The summed E-state index contributed by atoms with van der Waals surface area (Å²) in [6.07, 6.45) is 2.67. The molecule has 0 saturated carbocycles. The molecule has 8 heteroatoms. The number of aliphatic hydroxyl groups excluding tert-OH is 1. The summed E-state index contributed by atoms with van der Waals surface area (Å²) in [7, 11) is 0. The van der Waals surface area contributed by atoms with Crippen molar-refractivity contribution in [3.63, 3.8) is 0 Å². The lowest BCUT2D eigenvalue weighted by atomic mass is 9.83. The molecule has 1 aromatic heterocycles. The first-order chi connectivity index (χ1) is 8.99. The number of anilines is 2. The zero-order valence-corrected chi connectivity index (χ0v) is 11.1. The fourth-order valence-corrected chi connectivity index (χ4v) is 1.75. The number of nitrogens with two attached hydrogens (primary N) is 1. The van der Waals surface area contributed by atoms with Gasteiger partial charge in [0.05, 0.1) is 11.5 Å². The van der Waals surface area contributed by atoms with E-state index in [0.29, 0.717) is 6.54 Å². The van der Waals surface area contributed by atoms with Gasteiger partial charge in [0.15, 0.2) is 0 Å². The van der Waals surface area contributed by atoms with Crippen LogP contribution >= 0.6 is 0 Å². The molecule has 0 amide bonds. The normalized spacial score (nSPS) is 11.3. The molecule has 1 heterocycles. The molecule has 0 aromatic carbocycles. The van der Waals surface area contributed by atoms with E-state index in [1.165, 1.54) is 6.33 Å². The van der Waals surface area contributed by atoms with Crippen molar-refractivity contribution in [3.05, 3.63) is 16.4 Å².